The van der Waals surface area contributed by atoms with E-state index in [1.54, 1.807) is 6.07 Å². The maximum Gasteiger partial charge on any atom is 0.224 e. The fourth-order valence-electron chi connectivity index (χ4n) is 3.01. The summed E-state index contributed by atoms with van der Waals surface area (Å²) in [5.74, 6) is 0.659. The lowest BCUT2D eigenvalue weighted by atomic mass is 10.1. The quantitative estimate of drug-likeness (QED) is 0.875. The van der Waals surface area contributed by atoms with Gasteiger partial charge in [0.15, 0.2) is 0 Å². The van der Waals surface area contributed by atoms with Crippen LogP contribution in [-0.4, -0.2) is 43.6 Å². The molecule has 5 heteroatoms. The van der Waals surface area contributed by atoms with Crippen LogP contribution in [0.3, 0.4) is 0 Å². The molecule has 0 heterocycles. The van der Waals surface area contributed by atoms with E-state index in [9.17, 15) is 4.79 Å². The first-order valence-corrected chi connectivity index (χ1v) is 8.25. The van der Waals surface area contributed by atoms with E-state index in [-0.39, 0.29) is 11.9 Å². The van der Waals surface area contributed by atoms with Gasteiger partial charge in [-0.05, 0) is 46.3 Å². The van der Waals surface area contributed by atoms with Gasteiger partial charge in [-0.3, -0.25) is 4.79 Å². The highest BCUT2D eigenvalue weighted by molar-refractivity contribution is 6.32. The Morgan fingerprint density at radius 2 is 2.18 bits per heavy atom. The van der Waals surface area contributed by atoms with Crippen molar-refractivity contribution in [3.63, 3.8) is 0 Å². The Morgan fingerprint density at radius 1 is 1.41 bits per heavy atom. The number of carbonyl (C=O) groups excluding carboxylic acids is 1. The molecule has 0 spiro atoms. The second-order valence-corrected chi connectivity index (χ2v) is 6.44. The second-order valence-electron chi connectivity index (χ2n) is 6.03. The zero-order chi connectivity index (χ0) is 16.1. The van der Waals surface area contributed by atoms with Crippen LogP contribution in [0.4, 0.5) is 0 Å². The van der Waals surface area contributed by atoms with E-state index < -0.39 is 0 Å². The summed E-state index contributed by atoms with van der Waals surface area (Å²) in [6.07, 6.45) is 3.51. The van der Waals surface area contributed by atoms with Crippen molar-refractivity contribution in [1.82, 2.24) is 10.2 Å². The minimum atomic E-state index is 0.0348. The number of carbonyl (C=O) groups is 1. The number of ether oxygens (including phenoxy) is 1. The highest BCUT2D eigenvalue weighted by atomic mass is 35.5. The Kier molecular flexibility index (Phi) is 6.09. The van der Waals surface area contributed by atoms with Crippen molar-refractivity contribution >= 4 is 17.5 Å². The maximum absolute atomic E-state index is 12.3. The van der Waals surface area contributed by atoms with Crippen LogP contribution in [0.25, 0.3) is 0 Å². The van der Waals surface area contributed by atoms with Crippen molar-refractivity contribution in [3.05, 3.63) is 28.8 Å². The summed E-state index contributed by atoms with van der Waals surface area (Å²) >= 11 is 6.15. The highest BCUT2D eigenvalue weighted by Gasteiger charge is 2.27. The van der Waals surface area contributed by atoms with E-state index in [4.69, 9.17) is 16.3 Å². The molecule has 2 atom stereocenters. The molecule has 1 fully saturated rings. The van der Waals surface area contributed by atoms with E-state index >= 15 is 0 Å². The Morgan fingerprint density at radius 3 is 2.82 bits per heavy atom. The van der Waals surface area contributed by atoms with Gasteiger partial charge in [0, 0.05) is 17.6 Å². The van der Waals surface area contributed by atoms with Gasteiger partial charge in [-0.2, -0.15) is 0 Å². The fourth-order valence-corrected chi connectivity index (χ4v) is 3.26. The van der Waals surface area contributed by atoms with Crippen LogP contribution >= 0.6 is 11.6 Å². The molecule has 0 radical (unpaired) electrons. The number of hydrogen-bond donors (Lipinski definition) is 1. The fraction of sp³-hybridized carbons (Fsp3) is 0.588. The van der Waals surface area contributed by atoms with Crippen LogP contribution in [0, 0.1) is 0 Å². The number of nitrogens with zero attached hydrogens (tertiary/aromatic N) is 1. The molecule has 1 aliphatic rings. The third-order valence-electron chi connectivity index (χ3n) is 4.19. The molecule has 1 N–H and O–H groups in total. The largest absolute Gasteiger partial charge is 0.492 e. The molecule has 0 aromatic heterocycles. The van der Waals surface area contributed by atoms with Crippen molar-refractivity contribution < 1.29 is 9.53 Å². The van der Waals surface area contributed by atoms with Gasteiger partial charge >= 0.3 is 0 Å². The van der Waals surface area contributed by atoms with Crippen molar-refractivity contribution in [3.8, 4) is 5.75 Å². The van der Waals surface area contributed by atoms with Gasteiger partial charge in [0.1, 0.15) is 5.75 Å². The van der Waals surface area contributed by atoms with E-state index in [0.29, 0.717) is 29.8 Å². The highest BCUT2D eigenvalue weighted by Crippen LogP contribution is 2.29. The zero-order valence-corrected chi connectivity index (χ0v) is 14.3. The molecular weight excluding hydrogens is 300 g/mol. The van der Waals surface area contributed by atoms with E-state index in [2.05, 4.69) is 24.3 Å². The lowest BCUT2D eigenvalue weighted by Crippen LogP contribution is -2.35. The Hall–Kier alpha value is -1.26. The number of hydrogen-bond acceptors (Lipinski definition) is 3. The van der Waals surface area contributed by atoms with Crippen LogP contribution in [0.5, 0.6) is 5.75 Å². The smallest absolute Gasteiger partial charge is 0.224 e. The molecule has 1 aromatic rings. The molecule has 2 rings (SSSR count). The number of amides is 1. The summed E-state index contributed by atoms with van der Waals surface area (Å²) in [5, 5.41) is 3.69. The van der Waals surface area contributed by atoms with Gasteiger partial charge in [0.05, 0.1) is 18.1 Å². The van der Waals surface area contributed by atoms with Gasteiger partial charge in [-0.15, -0.1) is 0 Å². The first-order chi connectivity index (χ1) is 10.5. The van der Waals surface area contributed by atoms with Crippen molar-refractivity contribution in [1.29, 1.82) is 0 Å². The van der Waals surface area contributed by atoms with E-state index in [1.807, 2.05) is 19.1 Å². The molecule has 4 nitrogen and oxygen atoms in total. The van der Waals surface area contributed by atoms with Crippen LogP contribution in [0.1, 0.15) is 31.7 Å². The summed E-state index contributed by atoms with van der Waals surface area (Å²) in [6.45, 7) is 2.44. The molecular formula is C17H25ClN2O2. The predicted molar refractivity (Wildman–Crippen MR) is 89.6 cm³/mol. The standard InChI is InChI=1S/C17H25ClN2O2/c1-4-22-17-12(6-5-7-15(17)18)10-16(21)19-13-8-9-14(11-13)20(2)3/h5-7,13-14H,4,8-11H2,1-3H3,(H,19,21)/t13-,14+/m0/s1. The summed E-state index contributed by atoms with van der Waals surface area (Å²) < 4.78 is 5.57. The first kappa shape index (κ1) is 17.1. The third-order valence-corrected chi connectivity index (χ3v) is 4.49. The lowest BCUT2D eigenvalue weighted by Gasteiger charge is -2.19. The average molecular weight is 325 g/mol. The monoisotopic (exact) mass is 324 g/mol. The van der Waals surface area contributed by atoms with E-state index in [1.165, 1.54) is 0 Å². The molecule has 0 bridgehead atoms. The first-order valence-electron chi connectivity index (χ1n) is 7.87. The molecule has 0 unspecified atom stereocenters. The molecule has 122 valence electrons. The minimum absolute atomic E-state index is 0.0348. The maximum atomic E-state index is 12.3. The lowest BCUT2D eigenvalue weighted by molar-refractivity contribution is -0.121. The van der Waals surface area contributed by atoms with Crippen molar-refractivity contribution in [2.75, 3.05) is 20.7 Å². The van der Waals surface area contributed by atoms with Crippen LogP contribution in [0.2, 0.25) is 5.02 Å². The van der Waals surface area contributed by atoms with Crippen LogP contribution < -0.4 is 10.1 Å². The number of nitrogens with one attached hydrogen (secondary N) is 1. The van der Waals surface area contributed by atoms with Crippen LogP contribution in [0.15, 0.2) is 18.2 Å². The molecule has 0 aliphatic heterocycles. The van der Waals surface area contributed by atoms with Gasteiger partial charge in [-0.1, -0.05) is 23.7 Å². The average Bonchev–Trinajstić information content (AvgIpc) is 2.91. The van der Waals surface area contributed by atoms with E-state index in [0.717, 1.165) is 24.8 Å². The predicted octanol–water partition coefficient (Wildman–Crippen LogP) is 2.88. The Labute approximate surface area is 137 Å². The van der Waals surface area contributed by atoms with Gasteiger partial charge in [-0.25, -0.2) is 0 Å². The van der Waals surface area contributed by atoms with Gasteiger partial charge in [0.2, 0.25) is 5.91 Å². The molecule has 1 amide bonds. The van der Waals surface area contributed by atoms with Gasteiger partial charge < -0.3 is 15.0 Å². The number of halogens is 1. The molecule has 1 aliphatic carbocycles. The topological polar surface area (TPSA) is 41.6 Å². The summed E-state index contributed by atoms with van der Waals surface area (Å²) in [4.78, 5) is 14.5. The minimum Gasteiger partial charge on any atom is -0.492 e. The molecule has 0 saturated heterocycles. The number of para-hydroxylation sites is 1. The molecule has 1 saturated carbocycles. The number of rotatable bonds is 6. The third kappa shape index (κ3) is 4.37. The number of benzene rings is 1. The SMILES string of the molecule is CCOc1c(Cl)cccc1CC(=O)N[C@H]1CC[C@@H](N(C)C)C1. The van der Waals surface area contributed by atoms with Crippen LogP contribution in [-0.2, 0) is 11.2 Å². The van der Waals surface area contributed by atoms with Crippen molar-refractivity contribution in [2.24, 2.45) is 0 Å². The zero-order valence-electron chi connectivity index (χ0n) is 13.6. The molecule has 1 aromatic carbocycles. The van der Waals surface area contributed by atoms with Gasteiger partial charge in [0.25, 0.3) is 0 Å². The summed E-state index contributed by atoms with van der Waals surface area (Å²) in [7, 11) is 4.18. The Bertz CT molecular complexity index is 519. The summed E-state index contributed by atoms with van der Waals surface area (Å²) in [5.41, 5.74) is 0.842. The normalized spacial score (nSPS) is 21.1. The van der Waals surface area contributed by atoms with Crippen molar-refractivity contribution in [2.45, 2.75) is 44.7 Å². The Balaban J connectivity index is 1.94. The second kappa shape index (κ2) is 7.84. The molecule has 22 heavy (non-hydrogen) atoms. The summed E-state index contributed by atoms with van der Waals surface area (Å²) in [6, 6.07) is 6.37.